The Morgan fingerprint density at radius 2 is 1.96 bits per heavy atom. The maximum atomic E-state index is 5.90. The maximum Gasteiger partial charge on any atom is 0.191 e. The summed E-state index contributed by atoms with van der Waals surface area (Å²) in [7, 11) is 4.00. The van der Waals surface area contributed by atoms with Crippen LogP contribution in [-0.4, -0.2) is 81.8 Å². The van der Waals surface area contributed by atoms with Crippen LogP contribution in [0.15, 0.2) is 29.3 Å². The first-order valence-corrected chi connectivity index (χ1v) is 10.2. The van der Waals surface area contributed by atoms with Crippen molar-refractivity contribution in [2.24, 2.45) is 4.99 Å². The van der Waals surface area contributed by atoms with E-state index in [4.69, 9.17) is 16.3 Å². The molecule has 0 aliphatic carbocycles. The van der Waals surface area contributed by atoms with Crippen LogP contribution in [0.4, 0.5) is 0 Å². The van der Waals surface area contributed by atoms with Crippen LogP contribution >= 0.6 is 11.6 Å². The van der Waals surface area contributed by atoms with Gasteiger partial charge < -0.3 is 25.2 Å². The number of likely N-dealkylation sites (N-methyl/N-ethyl adjacent to an activating group) is 1. The molecule has 1 atom stereocenters. The van der Waals surface area contributed by atoms with Crippen molar-refractivity contribution in [3.63, 3.8) is 0 Å². The summed E-state index contributed by atoms with van der Waals surface area (Å²) in [5, 5.41) is 7.42. The lowest BCUT2D eigenvalue weighted by atomic mass is 10.3. The monoisotopic (exact) mass is 395 g/mol. The number of hydrogen-bond acceptors (Lipinski definition) is 4. The number of hydrogen-bond donors (Lipinski definition) is 2. The Labute approximate surface area is 168 Å². The molecular weight excluding hydrogens is 362 g/mol. The summed E-state index contributed by atoms with van der Waals surface area (Å²) in [5.74, 6) is 1.64. The normalized spacial score (nSPS) is 18.0. The van der Waals surface area contributed by atoms with E-state index < -0.39 is 0 Å². The average Bonchev–Trinajstić information content (AvgIpc) is 2.87. The van der Waals surface area contributed by atoms with Crippen LogP contribution in [0.3, 0.4) is 0 Å². The zero-order chi connectivity index (χ0) is 19.5. The Balaban J connectivity index is 1.60. The minimum absolute atomic E-state index is 0.0267. The van der Waals surface area contributed by atoms with Crippen molar-refractivity contribution in [1.29, 1.82) is 0 Å². The number of nitrogens with one attached hydrogen (secondary N) is 2. The summed E-state index contributed by atoms with van der Waals surface area (Å²) in [6.07, 6.45) is 2.40. The number of halogens is 1. The largest absolute Gasteiger partial charge is 0.489 e. The molecule has 1 aromatic rings. The molecule has 0 aromatic heterocycles. The Morgan fingerprint density at radius 1 is 1.19 bits per heavy atom. The smallest absolute Gasteiger partial charge is 0.191 e. The van der Waals surface area contributed by atoms with Crippen molar-refractivity contribution in [3.05, 3.63) is 29.3 Å². The maximum absolute atomic E-state index is 5.90. The van der Waals surface area contributed by atoms with Crippen molar-refractivity contribution in [3.8, 4) is 5.75 Å². The van der Waals surface area contributed by atoms with E-state index >= 15 is 0 Å². The minimum atomic E-state index is 0.0267. The topological polar surface area (TPSA) is 52.1 Å². The van der Waals surface area contributed by atoms with Crippen LogP contribution < -0.4 is 15.4 Å². The molecule has 6 nitrogen and oxygen atoms in total. The van der Waals surface area contributed by atoms with E-state index in [0.717, 1.165) is 31.2 Å². The summed E-state index contributed by atoms with van der Waals surface area (Å²) in [4.78, 5) is 9.26. The molecule has 1 aliphatic rings. The highest BCUT2D eigenvalue weighted by molar-refractivity contribution is 6.30. The Morgan fingerprint density at radius 3 is 2.70 bits per heavy atom. The van der Waals surface area contributed by atoms with Crippen molar-refractivity contribution in [1.82, 2.24) is 20.4 Å². The van der Waals surface area contributed by atoms with Gasteiger partial charge in [-0.05, 0) is 70.7 Å². The van der Waals surface area contributed by atoms with Crippen LogP contribution in [0, 0.1) is 0 Å². The van der Waals surface area contributed by atoms with E-state index in [1.54, 1.807) is 7.05 Å². The molecule has 0 spiro atoms. The van der Waals surface area contributed by atoms with Gasteiger partial charge in [-0.1, -0.05) is 11.6 Å². The fourth-order valence-corrected chi connectivity index (χ4v) is 3.21. The predicted octanol–water partition coefficient (Wildman–Crippen LogP) is 2.30. The van der Waals surface area contributed by atoms with E-state index in [1.807, 2.05) is 31.2 Å². The van der Waals surface area contributed by atoms with Gasteiger partial charge in [0.25, 0.3) is 0 Å². The SMILES string of the molecule is CN=C(NCCCN1CCCN(C)CC1)NCC(C)Oc1ccc(Cl)cc1. The number of rotatable bonds is 8. The van der Waals surface area contributed by atoms with Gasteiger partial charge in [0.2, 0.25) is 0 Å². The van der Waals surface area contributed by atoms with E-state index in [1.165, 1.54) is 32.6 Å². The molecular formula is C20H34ClN5O. The summed E-state index contributed by atoms with van der Waals surface area (Å²) in [6.45, 7) is 9.52. The average molecular weight is 396 g/mol. The van der Waals surface area contributed by atoms with Crippen LogP contribution in [0.25, 0.3) is 0 Å². The Kier molecular flexibility index (Phi) is 9.73. The summed E-state index contributed by atoms with van der Waals surface area (Å²) in [6, 6.07) is 7.43. The van der Waals surface area contributed by atoms with Crippen LogP contribution in [-0.2, 0) is 0 Å². The van der Waals surface area contributed by atoms with Gasteiger partial charge in [-0.25, -0.2) is 0 Å². The second-order valence-electron chi connectivity index (χ2n) is 7.11. The van der Waals surface area contributed by atoms with Gasteiger partial charge in [0.05, 0.1) is 6.54 Å². The minimum Gasteiger partial charge on any atom is -0.489 e. The van der Waals surface area contributed by atoms with Gasteiger partial charge in [-0.3, -0.25) is 4.99 Å². The lowest BCUT2D eigenvalue weighted by Crippen LogP contribution is -2.42. The number of ether oxygens (including phenoxy) is 1. The van der Waals surface area contributed by atoms with Crippen molar-refractivity contribution in [2.75, 3.05) is 59.9 Å². The zero-order valence-corrected chi connectivity index (χ0v) is 17.6. The van der Waals surface area contributed by atoms with E-state index in [0.29, 0.717) is 11.6 Å². The number of nitrogens with zero attached hydrogens (tertiary/aromatic N) is 3. The van der Waals surface area contributed by atoms with E-state index in [9.17, 15) is 0 Å². The third kappa shape index (κ3) is 8.82. The van der Waals surface area contributed by atoms with Gasteiger partial charge in [0.1, 0.15) is 11.9 Å². The standard InChI is InChI=1S/C20H34ClN5O/c1-17(27-19-8-6-18(21)7-9-19)16-24-20(22-2)23-10-4-12-26-13-5-11-25(3)14-15-26/h6-9,17H,4-5,10-16H2,1-3H3,(H2,22,23,24). The Bertz CT molecular complexity index is 566. The lowest BCUT2D eigenvalue weighted by Gasteiger charge is -2.21. The number of aliphatic imine (C=N–C) groups is 1. The van der Waals surface area contributed by atoms with Gasteiger partial charge in [0.15, 0.2) is 5.96 Å². The highest BCUT2D eigenvalue weighted by atomic mass is 35.5. The molecule has 2 rings (SSSR count). The zero-order valence-electron chi connectivity index (χ0n) is 16.9. The second-order valence-corrected chi connectivity index (χ2v) is 7.55. The number of benzene rings is 1. The quantitative estimate of drug-likeness (QED) is 0.402. The molecule has 1 heterocycles. The summed E-state index contributed by atoms with van der Waals surface area (Å²) in [5.41, 5.74) is 0. The Hall–Kier alpha value is -1.50. The molecule has 0 bridgehead atoms. The van der Waals surface area contributed by atoms with Crippen LogP contribution in [0.5, 0.6) is 5.75 Å². The van der Waals surface area contributed by atoms with Crippen molar-refractivity contribution < 1.29 is 4.74 Å². The molecule has 27 heavy (non-hydrogen) atoms. The molecule has 1 aromatic carbocycles. The number of guanidine groups is 1. The first kappa shape index (κ1) is 21.8. The highest BCUT2D eigenvalue weighted by Gasteiger charge is 2.11. The fourth-order valence-electron chi connectivity index (χ4n) is 3.08. The molecule has 0 amide bonds. The predicted molar refractivity (Wildman–Crippen MR) is 114 cm³/mol. The third-order valence-electron chi connectivity index (χ3n) is 4.69. The first-order chi connectivity index (χ1) is 13.1. The third-order valence-corrected chi connectivity index (χ3v) is 4.94. The molecule has 1 unspecified atom stereocenters. The molecule has 7 heteroatoms. The van der Waals surface area contributed by atoms with Gasteiger partial charge >= 0.3 is 0 Å². The van der Waals surface area contributed by atoms with Gasteiger partial charge in [-0.15, -0.1) is 0 Å². The van der Waals surface area contributed by atoms with Crippen LogP contribution in [0.2, 0.25) is 5.02 Å². The fraction of sp³-hybridized carbons (Fsp3) is 0.650. The molecule has 0 saturated carbocycles. The molecule has 1 aliphatic heterocycles. The summed E-state index contributed by atoms with van der Waals surface area (Å²) >= 11 is 5.90. The highest BCUT2D eigenvalue weighted by Crippen LogP contribution is 2.16. The van der Waals surface area contributed by atoms with Crippen molar-refractivity contribution >= 4 is 17.6 Å². The lowest BCUT2D eigenvalue weighted by molar-refractivity contribution is 0.224. The first-order valence-electron chi connectivity index (χ1n) is 9.84. The van der Waals surface area contributed by atoms with Gasteiger partial charge in [0, 0.05) is 31.7 Å². The van der Waals surface area contributed by atoms with E-state index in [2.05, 4.69) is 32.5 Å². The van der Waals surface area contributed by atoms with Gasteiger partial charge in [-0.2, -0.15) is 0 Å². The molecule has 2 N–H and O–H groups in total. The van der Waals surface area contributed by atoms with Crippen LogP contribution in [0.1, 0.15) is 19.8 Å². The molecule has 0 radical (unpaired) electrons. The second kappa shape index (κ2) is 12.1. The molecule has 1 saturated heterocycles. The summed E-state index contributed by atoms with van der Waals surface area (Å²) < 4.78 is 5.88. The van der Waals surface area contributed by atoms with E-state index in [-0.39, 0.29) is 6.10 Å². The molecule has 1 fully saturated rings. The van der Waals surface area contributed by atoms with Crippen molar-refractivity contribution in [2.45, 2.75) is 25.9 Å². The molecule has 152 valence electrons.